The summed E-state index contributed by atoms with van der Waals surface area (Å²) >= 11 is 0. The molecule has 0 bridgehead atoms. The summed E-state index contributed by atoms with van der Waals surface area (Å²) in [6, 6.07) is 0. The van der Waals surface area contributed by atoms with Crippen molar-refractivity contribution in [2.45, 2.75) is 38.3 Å². The Labute approximate surface area is 192 Å². The maximum Gasteiger partial charge on any atom is 0.251 e. The van der Waals surface area contributed by atoms with Gasteiger partial charge in [-0.05, 0) is 26.7 Å². The number of carbonyl (C=O) groups is 1. The summed E-state index contributed by atoms with van der Waals surface area (Å²) in [7, 11) is 0. The smallest absolute Gasteiger partial charge is 0.251 e. The van der Waals surface area contributed by atoms with Gasteiger partial charge in [-0.25, -0.2) is 15.0 Å². The minimum Gasteiger partial charge on any atom is -0.384 e. The van der Waals surface area contributed by atoms with Gasteiger partial charge in [0.25, 0.3) is 5.91 Å². The molecule has 2 atom stereocenters. The van der Waals surface area contributed by atoms with Gasteiger partial charge in [-0.1, -0.05) is 0 Å². The van der Waals surface area contributed by atoms with Crippen LogP contribution in [-0.2, 0) is 16.0 Å². The number of nitrogen functional groups attached to an aromatic ring is 1. The van der Waals surface area contributed by atoms with E-state index < -0.39 is 6.10 Å². The second kappa shape index (κ2) is 8.38. The van der Waals surface area contributed by atoms with Gasteiger partial charge >= 0.3 is 0 Å². The molecule has 5 rings (SSSR count). The number of rotatable bonds is 4. The Hall–Kier alpha value is -3.05. The number of fused-ring (bicyclic) bond motifs is 1. The molecule has 3 aliphatic rings. The quantitative estimate of drug-likeness (QED) is 0.654. The number of nitrogens with two attached hydrogens (primary N) is 1. The summed E-state index contributed by atoms with van der Waals surface area (Å²) in [6.07, 6.45) is 4.01. The first kappa shape index (κ1) is 21.8. The number of carbonyl (C=O) groups excluding carboxylic acids is 1. The van der Waals surface area contributed by atoms with Crippen molar-refractivity contribution in [2.75, 3.05) is 61.5 Å². The van der Waals surface area contributed by atoms with Gasteiger partial charge in [-0.3, -0.25) is 4.79 Å². The summed E-state index contributed by atoms with van der Waals surface area (Å²) in [6.45, 7) is 8.37. The third-order valence-electron chi connectivity index (χ3n) is 6.83. The highest BCUT2D eigenvalue weighted by molar-refractivity contribution is 5.81. The van der Waals surface area contributed by atoms with Crippen molar-refractivity contribution in [3.05, 3.63) is 18.0 Å². The molecule has 1 amide bonds. The Morgan fingerprint density at radius 1 is 1.18 bits per heavy atom. The van der Waals surface area contributed by atoms with Gasteiger partial charge in [0.1, 0.15) is 11.9 Å². The number of amides is 1. The molecule has 176 valence electrons. The zero-order chi connectivity index (χ0) is 23.2. The number of ether oxygens (including phenoxy) is 1. The van der Waals surface area contributed by atoms with Crippen LogP contribution in [0.1, 0.15) is 25.8 Å². The van der Waals surface area contributed by atoms with Gasteiger partial charge < -0.3 is 30.3 Å². The van der Waals surface area contributed by atoms with E-state index in [0.717, 1.165) is 55.1 Å². The molecule has 2 aromatic heterocycles. The Balaban J connectivity index is 1.54. The van der Waals surface area contributed by atoms with Crippen molar-refractivity contribution in [1.29, 1.82) is 0 Å². The lowest BCUT2D eigenvalue weighted by Gasteiger charge is -2.37. The van der Waals surface area contributed by atoms with Crippen molar-refractivity contribution < 1.29 is 14.6 Å². The maximum absolute atomic E-state index is 12.4. The standard InChI is InChI=1S/C22H30N8O3/c1-14(31)19(32)29-6-4-22(2,13-29)30-5-3-16-17(15-11-24-20(23)25-12-15)26-21(27-18(16)30)28-7-9-33-10-8-28/h11-12,14,31H,3-10,13H2,1-2H3,(H2,23,24,25)/t14-,22+/m1/s1. The normalized spacial score (nSPS) is 23.7. The topological polar surface area (TPSA) is 134 Å². The molecule has 0 spiro atoms. The van der Waals surface area contributed by atoms with E-state index in [1.54, 1.807) is 17.3 Å². The van der Waals surface area contributed by atoms with E-state index in [1.165, 1.54) is 6.92 Å². The summed E-state index contributed by atoms with van der Waals surface area (Å²) in [5, 5.41) is 9.78. The van der Waals surface area contributed by atoms with E-state index in [4.69, 9.17) is 20.4 Å². The summed E-state index contributed by atoms with van der Waals surface area (Å²) in [4.78, 5) is 36.9. The van der Waals surface area contributed by atoms with Gasteiger partial charge in [0, 0.05) is 56.2 Å². The highest BCUT2D eigenvalue weighted by atomic mass is 16.5. The third-order valence-corrected chi connectivity index (χ3v) is 6.83. The van der Waals surface area contributed by atoms with Crippen molar-refractivity contribution in [3.8, 4) is 11.3 Å². The van der Waals surface area contributed by atoms with Crippen LogP contribution in [0.2, 0.25) is 0 Å². The van der Waals surface area contributed by atoms with E-state index in [9.17, 15) is 9.90 Å². The zero-order valence-electron chi connectivity index (χ0n) is 19.1. The van der Waals surface area contributed by atoms with E-state index in [1.807, 2.05) is 0 Å². The Bertz CT molecular complexity index is 1040. The molecule has 11 nitrogen and oxygen atoms in total. The molecule has 0 aromatic carbocycles. The number of nitrogens with zero attached hydrogens (tertiary/aromatic N) is 7. The second-order valence-electron chi connectivity index (χ2n) is 9.19. The molecule has 5 heterocycles. The maximum atomic E-state index is 12.4. The van der Waals surface area contributed by atoms with E-state index in [0.29, 0.717) is 32.3 Å². The second-order valence-corrected chi connectivity index (χ2v) is 9.19. The monoisotopic (exact) mass is 454 g/mol. The largest absolute Gasteiger partial charge is 0.384 e. The lowest BCUT2D eigenvalue weighted by molar-refractivity contribution is -0.138. The lowest BCUT2D eigenvalue weighted by atomic mass is 9.99. The zero-order valence-corrected chi connectivity index (χ0v) is 19.1. The average Bonchev–Trinajstić information content (AvgIpc) is 3.44. The van der Waals surface area contributed by atoms with Gasteiger partial charge in [0.2, 0.25) is 11.9 Å². The van der Waals surface area contributed by atoms with Crippen LogP contribution in [0.3, 0.4) is 0 Å². The van der Waals surface area contributed by atoms with Crippen LogP contribution in [0, 0.1) is 0 Å². The Morgan fingerprint density at radius 2 is 1.91 bits per heavy atom. The average molecular weight is 455 g/mol. The van der Waals surface area contributed by atoms with Crippen molar-refractivity contribution >= 4 is 23.6 Å². The third kappa shape index (κ3) is 3.95. The number of aliphatic hydroxyl groups excluding tert-OH is 1. The molecule has 0 radical (unpaired) electrons. The molecular formula is C22H30N8O3. The minimum atomic E-state index is -0.995. The molecule has 2 fully saturated rings. The number of hydrogen-bond donors (Lipinski definition) is 2. The van der Waals surface area contributed by atoms with Crippen LogP contribution in [0.15, 0.2) is 12.4 Å². The number of anilines is 3. The summed E-state index contributed by atoms with van der Waals surface area (Å²) < 4.78 is 5.51. The van der Waals surface area contributed by atoms with Gasteiger partial charge in [-0.15, -0.1) is 0 Å². The SMILES string of the molecule is C[C@@H](O)C(=O)N1CC[C@](C)(N2CCc3c(-c4cnc(N)nc4)nc(N4CCOCC4)nc32)C1. The van der Waals surface area contributed by atoms with Crippen LogP contribution in [-0.4, -0.2) is 93.4 Å². The lowest BCUT2D eigenvalue weighted by Crippen LogP contribution is -2.49. The molecule has 3 N–H and O–H groups in total. The fourth-order valence-corrected chi connectivity index (χ4v) is 4.99. The number of aliphatic hydroxyl groups is 1. The van der Waals surface area contributed by atoms with E-state index in [-0.39, 0.29) is 17.4 Å². The fraction of sp³-hybridized carbons (Fsp3) is 0.591. The first-order valence-corrected chi connectivity index (χ1v) is 11.4. The first-order valence-electron chi connectivity index (χ1n) is 11.4. The number of morpholine rings is 1. The van der Waals surface area contributed by atoms with Crippen molar-refractivity contribution in [1.82, 2.24) is 24.8 Å². The summed E-state index contributed by atoms with van der Waals surface area (Å²) in [5.74, 6) is 1.55. The molecule has 2 saturated heterocycles. The molecule has 2 aromatic rings. The van der Waals surface area contributed by atoms with Crippen LogP contribution in [0.5, 0.6) is 0 Å². The predicted molar refractivity (Wildman–Crippen MR) is 123 cm³/mol. The molecular weight excluding hydrogens is 424 g/mol. The van der Waals surface area contributed by atoms with E-state index in [2.05, 4.69) is 26.7 Å². The van der Waals surface area contributed by atoms with Gasteiger partial charge in [0.15, 0.2) is 0 Å². The van der Waals surface area contributed by atoms with Crippen LogP contribution < -0.4 is 15.5 Å². The number of hydrogen-bond acceptors (Lipinski definition) is 10. The first-order chi connectivity index (χ1) is 15.9. The predicted octanol–water partition coefficient (Wildman–Crippen LogP) is 0.0867. The molecule has 33 heavy (non-hydrogen) atoms. The minimum absolute atomic E-state index is 0.223. The molecule has 11 heteroatoms. The number of aromatic nitrogens is 4. The Kier molecular flexibility index (Phi) is 5.53. The number of likely N-dealkylation sites (tertiary alicyclic amines) is 1. The van der Waals surface area contributed by atoms with Gasteiger partial charge in [0.05, 0.1) is 24.4 Å². The van der Waals surface area contributed by atoms with E-state index >= 15 is 0 Å². The molecule has 0 aliphatic carbocycles. The fourth-order valence-electron chi connectivity index (χ4n) is 4.99. The molecule has 3 aliphatic heterocycles. The highest BCUT2D eigenvalue weighted by Gasteiger charge is 2.45. The van der Waals surface area contributed by atoms with Crippen molar-refractivity contribution in [3.63, 3.8) is 0 Å². The molecule has 0 unspecified atom stereocenters. The van der Waals surface area contributed by atoms with Crippen LogP contribution in [0.4, 0.5) is 17.7 Å². The van der Waals surface area contributed by atoms with Gasteiger partial charge in [-0.2, -0.15) is 4.98 Å². The Morgan fingerprint density at radius 3 is 2.61 bits per heavy atom. The van der Waals surface area contributed by atoms with Crippen LogP contribution in [0.25, 0.3) is 11.3 Å². The molecule has 0 saturated carbocycles. The van der Waals surface area contributed by atoms with Crippen molar-refractivity contribution in [2.24, 2.45) is 0 Å². The summed E-state index contributed by atoms with van der Waals surface area (Å²) in [5.41, 5.74) is 8.12. The highest BCUT2D eigenvalue weighted by Crippen LogP contribution is 2.41. The van der Waals surface area contributed by atoms with Crippen LogP contribution >= 0.6 is 0 Å².